The second kappa shape index (κ2) is 11.5. The summed E-state index contributed by atoms with van der Waals surface area (Å²) in [6.07, 6.45) is 7.07. The summed E-state index contributed by atoms with van der Waals surface area (Å²) in [5, 5.41) is 12.5. The van der Waals surface area contributed by atoms with Crippen molar-refractivity contribution in [2.24, 2.45) is 11.8 Å². The van der Waals surface area contributed by atoms with Gasteiger partial charge >= 0.3 is 5.97 Å². The van der Waals surface area contributed by atoms with Crippen LogP contribution in [0.1, 0.15) is 51.5 Å². The van der Waals surface area contributed by atoms with Gasteiger partial charge in [0.2, 0.25) is 11.8 Å². The molecule has 2 N–H and O–H groups in total. The second-order valence-corrected chi connectivity index (χ2v) is 9.78. The van der Waals surface area contributed by atoms with Gasteiger partial charge in [0, 0.05) is 13.0 Å². The van der Waals surface area contributed by atoms with Crippen LogP contribution in [-0.2, 0) is 25.5 Å². The van der Waals surface area contributed by atoms with Gasteiger partial charge in [-0.2, -0.15) is 0 Å². The Morgan fingerprint density at radius 3 is 2.55 bits per heavy atom. The van der Waals surface area contributed by atoms with Crippen molar-refractivity contribution in [2.45, 2.75) is 64.0 Å². The highest BCUT2D eigenvalue weighted by Crippen LogP contribution is 2.23. The molecule has 2 aliphatic heterocycles. The topological polar surface area (TPSA) is 95.9 Å². The lowest BCUT2D eigenvalue weighted by molar-refractivity contribution is -0.151. The van der Waals surface area contributed by atoms with Gasteiger partial charge < -0.3 is 20.1 Å². The van der Waals surface area contributed by atoms with Gasteiger partial charge in [-0.15, -0.1) is 0 Å². The molecule has 0 radical (unpaired) electrons. The fourth-order valence-corrected chi connectivity index (χ4v) is 4.49. The van der Waals surface area contributed by atoms with Gasteiger partial charge in [0.05, 0.1) is 30.0 Å². The van der Waals surface area contributed by atoms with Gasteiger partial charge in [-0.1, -0.05) is 42.5 Å². The van der Waals surface area contributed by atoms with E-state index in [-0.39, 0.29) is 49.4 Å². The lowest BCUT2D eigenvalue weighted by atomic mass is 9.93. The van der Waals surface area contributed by atoms with Crippen molar-refractivity contribution in [2.75, 3.05) is 19.8 Å². The molecule has 2 heterocycles. The van der Waals surface area contributed by atoms with Gasteiger partial charge in [0.1, 0.15) is 6.61 Å². The zero-order valence-corrected chi connectivity index (χ0v) is 19.7. The smallest absolute Gasteiger partial charge is 0.309 e. The molecule has 3 atom stereocenters. The molecule has 7 heteroatoms. The summed E-state index contributed by atoms with van der Waals surface area (Å²) >= 11 is 0. The average Bonchev–Trinajstić information content (AvgIpc) is 3.27. The monoisotopic (exact) mass is 456 g/mol. The van der Waals surface area contributed by atoms with E-state index in [1.807, 2.05) is 56.3 Å². The third-order valence-corrected chi connectivity index (χ3v) is 6.40. The number of nitrogens with one attached hydrogen (secondary N) is 1. The Bertz CT molecular complexity index is 851. The molecule has 0 bridgehead atoms. The molecule has 0 saturated carbocycles. The molecule has 2 amide bonds. The van der Waals surface area contributed by atoms with Crippen molar-refractivity contribution >= 4 is 17.8 Å². The van der Waals surface area contributed by atoms with Crippen molar-refractivity contribution in [1.82, 2.24) is 10.2 Å². The molecule has 0 aliphatic carbocycles. The molecule has 33 heavy (non-hydrogen) atoms. The van der Waals surface area contributed by atoms with Gasteiger partial charge in [-0.3, -0.25) is 14.4 Å². The number of rotatable bonds is 5. The van der Waals surface area contributed by atoms with E-state index in [9.17, 15) is 19.5 Å². The lowest BCUT2D eigenvalue weighted by Crippen LogP contribution is -2.50. The predicted molar refractivity (Wildman–Crippen MR) is 125 cm³/mol. The number of aliphatic hydroxyl groups is 1. The summed E-state index contributed by atoms with van der Waals surface area (Å²) in [6, 6.07) is 9.69. The summed E-state index contributed by atoms with van der Waals surface area (Å²) in [7, 11) is 0. The normalized spacial score (nSPS) is 26.2. The Balaban J connectivity index is 1.73. The van der Waals surface area contributed by atoms with Crippen molar-refractivity contribution < 1.29 is 24.2 Å². The molecule has 3 rings (SSSR count). The summed E-state index contributed by atoms with van der Waals surface area (Å²) in [5.41, 5.74) is 0.315. The SMILES string of the molecule is CC1(C)COC(=O)C(Cc2ccccc2)CC=CCC(CC(=O)N2CCCC2CO)C(=O)N1. The Morgan fingerprint density at radius 1 is 1.15 bits per heavy atom. The predicted octanol–water partition coefficient (Wildman–Crippen LogP) is 2.62. The van der Waals surface area contributed by atoms with E-state index >= 15 is 0 Å². The van der Waals surface area contributed by atoms with Gasteiger partial charge in [0.25, 0.3) is 0 Å². The Labute approximate surface area is 196 Å². The van der Waals surface area contributed by atoms with Crippen molar-refractivity contribution in [3.63, 3.8) is 0 Å². The van der Waals surface area contributed by atoms with Crippen LogP contribution in [-0.4, -0.2) is 59.1 Å². The highest BCUT2D eigenvalue weighted by Gasteiger charge is 2.33. The number of ether oxygens (including phenoxy) is 1. The number of cyclic esters (lactones) is 1. The minimum Gasteiger partial charge on any atom is -0.463 e. The van der Waals surface area contributed by atoms with E-state index in [4.69, 9.17) is 4.74 Å². The van der Waals surface area contributed by atoms with Crippen LogP contribution in [0.3, 0.4) is 0 Å². The highest BCUT2D eigenvalue weighted by atomic mass is 16.5. The largest absolute Gasteiger partial charge is 0.463 e. The Morgan fingerprint density at radius 2 is 1.85 bits per heavy atom. The molecular formula is C26H36N2O5. The molecule has 2 aliphatic rings. The number of benzene rings is 1. The molecule has 1 aromatic rings. The molecule has 3 unspecified atom stereocenters. The highest BCUT2D eigenvalue weighted by molar-refractivity contribution is 5.86. The molecule has 180 valence electrons. The maximum Gasteiger partial charge on any atom is 0.309 e. The number of likely N-dealkylation sites (tertiary alicyclic amines) is 1. The maximum atomic E-state index is 13.0. The molecule has 0 spiro atoms. The van der Waals surface area contributed by atoms with Crippen LogP contribution in [0.4, 0.5) is 0 Å². The molecule has 1 aromatic carbocycles. The molecule has 7 nitrogen and oxygen atoms in total. The summed E-state index contributed by atoms with van der Waals surface area (Å²) in [5.74, 6) is -1.43. The first kappa shape index (κ1) is 25.0. The number of hydrogen-bond acceptors (Lipinski definition) is 5. The summed E-state index contributed by atoms with van der Waals surface area (Å²) in [4.78, 5) is 40.4. The van der Waals surface area contributed by atoms with E-state index < -0.39 is 11.5 Å². The van der Waals surface area contributed by atoms with Crippen molar-refractivity contribution in [3.05, 3.63) is 48.0 Å². The van der Waals surface area contributed by atoms with E-state index in [2.05, 4.69) is 5.32 Å². The number of carbonyl (C=O) groups excluding carboxylic acids is 3. The number of carbonyl (C=O) groups is 3. The molecule has 1 saturated heterocycles. The van der Waals surface area contributed by atoms with Gasteiger partial charge in [0.15, 0.2) is 0 Å². The van der Waals surface area contributed by atoms with E-state index in [0.717, 1.165) is 18.4 Å². The fourth-order valence-electron chi connectivity index (χ4n) is 4.49. The van der Waals surface area contributed by atoms with Gasteiger partial charge in [-0.25, -0.2) is 0 Å². The summed E-state index contributed by atoms with van der Waals surface area (Å²) < 4.78 is 5.60. The zero-order valence-electron chi connectivity index (χ0n) is 19.7. The Hall–Kier alpha value is -2.67. The Kier molecular flexibility index (Phi) is 8.67. The third kappa shape index (κ3) is 7.16. The summed E-state index contributed by atoms with van der Waals surface area (Å²) in [6.45, 7) is 4.26. The van der Waals surface area contributed by atoms with E-state index in [1.54, 1.807) is 4.90 Å². The first-order valence-electron chi connectivity index (χ1n) is 11.9. The van der Waals surface area contributed by atoms with Crippen molar-refractivity contribution in [3.8, 4) is 0 Å². The standard InChI is InChI=1S/C26H36N2O5/c1-26(2)18-33-25(32)21(15-19-9-4-3-5-10-19)12-7-6-11-20(24(31)27-26)16-23(30)28-14-8-13-22(28)17-29/h3-7,9-10,20-22,29H,8,11-18H2,1-2H3,(H,27,31). The maximum absolute atomic E-state index is 13.0. The van der Waals surface area contributed by atoms with Crippen LogP contribution in [0.15, 0.2) is 42.5 Å². The van der Waals surface area contributed by atoms with Crippen molar-refractivity contribution in [1.29, 1.82) is 0 Å². The molecular weight excluding hydrogens is 420 g/mol. The number of esters is 1. The first-order valence-corrected chi connectivity index (χ1v) is 11.9. The van der Waals surface area contributed by atoms with Crippen LogP contribution < -0.4 is 5.32 Å². The van der Waals surface area contributed by atoms with Crippen LogP contribution in [0, 0.1) is 11.8 Å². The van der Waals surface area contributed by atoms with Crippen LogP contribution in [0.5, 0.6) is 0 Å². The minimum absolute atomic E-state index is 0.0519. The minimum atomic E-state index is -0.754. The number of allylic oxidation sites excluding steroid dienone is 2. The second-order valence-electron chi connectivity index (χ2n) is 9.78. The lowest BCUT2D eigenvalue weighted by Gasteiger charge is -2.30. The zero-order chi connectivity index (χ0) is 23.8. The quantitative estimate of drug-likeness (QED) is 0.525. The molecule has 1 fully saturated rings. The average molecular weight is 457 g/mol. The molecule has 0 aromatic heterocycles. The number of aliphatic hydroxyl groups excluding tert-OH is 1. The number of amides is 2. The number of hydrogen-bond donors (Lipinski definition) is 2. The van der Waals surface area contributed by atoms with Crippen LogP contribution >= 0.6 is 0 Å². The van der Waals surface area contributed by atoms with Crippen LogP contribution in [0.25, 0.3) is 0 Å². The number of nitrogens with zero attached hydrogens (tertiary/aromatic N) is 1. The van der Waals surface area contributed by atoms with E-state index in [0.29, 0.717) is 25.8 Å². The van der Waals surface area contributed by atoms with Gasteiger partial charge in [-0.05, 0) is 51.5 Å². The van der Waals surface area contributed by atoms with E-state index in [1.165, 1.54) is 0 Å². The third-order valence-electron chi connectivity index (χ3n) is 6.40. The fraction of sp³-hybridized carbons (Fsp3) is 0.577. The van der Waals surface area contributed by atoms with Crippen LogP contribution in [0.2, 0.25) is 0 Å². The first-order chi connectivity index (χ1) is 15.8.